The van der Waals surface area contributed by atoms with Crippen LogP contribution in [0.3, 0.4) is 0 Å². The standard InChI is InChI=1S/C22H36N2O4/c1-15(2)7-8-17-21(3,28-17)20-19(26-6)16(9-10-22(20)14-27-22)13-18(25)23-11-12-24(4)5/h7,13,17,19-20H,8-12,14H2,1-6H3,(H,23,25)/b16-13-/t17-,19-,20-,21+,22+/m1/s1. The summed E-state index contributed by atoms with van der Waals surface area (Å²) < 4.78 is 18.1. The Kier molecular flexibility index (Phi) is 6.35. The Morgan fingerprint density at radius 3 is 2.68 bits per heavy atom. The predicted octanol–water partition coefficient (Wildman–Crippen LogP) is 2.30. The van der Waals surface area contributed by atoms with Gasteiger partial charge in [-0.3, -0.25) is 4.79 Å². The van der Waals surface area contributed by atoms with E-state index in [0.29, 0.717) is 6.54 Å². The van der Waals surface area contributed by atoms with Crippen LogP contribution in [0.1, 0.15) is 40.0 Å². The van der Waals surface area contributed by atoms with Gasteiger partial charge in [-0.15, -0.1) is 0 Å². The summed E-state index contributed by atoms with van der Waals surface area (Å²) in [7, 11) is 5.72. The van der Waals surface area contributed by atoms with E-state index >= 15 is 0 Å². The van der Waals surface area contributed by atoms with Gasteiger partial charge in [-0.1, -0.05) is 11.6 Å². The molecule has 0 aromatic rings. The largest absolute Gasteiger partial charge is 0.377 e. The molecule has 1 amide bonds. The van der Waals surface area contributed by atoms with Gasteiger partial charge < -0.3 is 24.4 Å². The Morgan fingerprint density at radius 2 is 2.11 bits per heavy atom. The number of carbonyl (C=O) groups excluding carboxylic acids is 1. The Balaban J connectivity index is 1.73. The number of carbonyl (C=O) groups is 1. The van der Waals surface area contributed by atoms with Gasteiger partial charge in [0.05, 0.1) is 24.7 Å². The zero-order chi connectivity index (χ0) is 20.5. The molecule has 5 atom stereocenters. The molecule has 3 fully saturated rings. The Hall–Kier alpha value is -1.21. The van der Waals surface area contributed by atoms with E-state index in [1.165, 1.54) is 5.57 Å². The first kappa shape index (κ1) is 21.5. The molecule has 1 spiro atoms. The van der Waals surface area contributed by atoms with Gasteiger partial charge in [-0.05, 0) is 59.7 Å². The van der Waals surface area contributed by atoms with Crippen LogP contribution in [0, 0.1) is 5.92 Å². The number of likely N-dealkylation sites (N-methyl/N-ethyl adjacent to an activating group) is 1. The maximum Gasteiger partial charge on any atom is 0.244 e. The molecule has 2 heterocycles. The number of allylic oxidation sites excluding steroid dienone is 1. The molecule has 1 N–H and O–H groups in total. The molecule has 1 saturated carbocycles. The number of hydrogen-bond acceptors (Lipinski definition) is 5. The van der Waals surface area contributed by atoms with Gasteiger partial charge >= 0.3 is 0 Å². The fourth-order valence-corrected chi connectivity index (χ4v) is 4.62. The molecule has 0 aromatic carbocycles. The third-order valence-corrected chi connectivity index (χ3v) is 6.35. The van der Waals surface area contributed by atoms with E-state index in [1.807, 2.05) is 19.0 Å². The highest BCUT2D eigenvalue weighted by Gasteiger charge is 2.71. The molecule has 0 aromatic heterocycles. The van der Waals surface area contributed by atoms with E-state index in [4.69, 9.17) is 14.2 Å². The smallest absolute Gasteiger partial charge is 0.244 e. The van der Waals surface area contributed by atoms with Crippen molar-refractivity contribution in [2.45, 2.75) is 63.4 Å². The van der Waals surface area contributed by atoms with E-state index < -0.39 is 0 Å². The molecule has 6 heteroatoms. The van der Waals surface area contributed by atoms with Crippen LogP contribution in [0.15, 0.2) is 23.3 Å². The van der Waals surface area contributed by atoms with Crippen LogP contribution < -0.4 is 5.32 Å². The monoisotopic (exact) mass is 392 g/mol. The number of amides is 1. The van der Waals surface area contributed by atoms with Crippen molar-refractivity contribution in [2.75, 3.05) is 40.9 Å². The highest BCUT2D eigenvalue weighted by molar-refractivity contribution is 5.88. The van der Waals surface area contributed by atoms with Crippen molar-refractivity contribution in [3.8, 4) is 0 Å². The summed E-state index contributed by atoms with van der Waals surface area (Å²) in [6, 6.07) is 0. The van der Waals surface area contributed by atoms with Gasteiger partial charge in [0.2, 0.25) is 5.91 Å². The third-order valence-electron chi connectivity index (χ3n) is 6.35. The van der Waals surface area contributed by atoms with E-state index in [0.717, 1.165) is 38.0 Å². The maximum absolute atomic E-state index is 12.4. The number of hydrogen-bond donors (Lipinski definition) is 1. The average Bonchev–Trinajstić information content (AvgIpc) is 3.52. The van der Waals surface area contributed by atoms with Crippen molar-refractivity contribution in [3.63, 3.8) is 0 Å². The predicted molar refractivity (Wildman–Crippen MR) is 109 cm³/mol. The van der Waals surface area contributed by atoms with Gasteiger partial charge in [0.15, 0.2) is 0 Å². The number of ether oxygens (including phenoxy) is 3. The van der Waals surface area contributed by atoms with Crippen molar-refractivity contribution in [1.29, 1.82) is 0 Å². The lowest BCUT2D eigenvalue weighted by Crippen LogP contribution is -2.50. The number of nitrogens with zero attached hydrogens (tertiary/aromatic N) is 1. The highest BCUT2D eigenvalue weighted by atomic mass is 16.6. The van der Waals surface area contributed by atoms with Crippen molar-refractivity contribution < 1.29 is 19.0 Å². The van der Waals surface area contributed by atoms with Crippen LogP contribution in [0.5, 0.6) is 0 Å². The number of nitrogens with one attached hydrogen (secondary N) is 1. The molecule has 3 aliphatic rings. The number of rotatable bonds is 8. The Labute approximate surface area is 169 Å². The SMILES string of the molecule is CO[C@@H]1/C(=C\C(=O)NCCN(C)C)CC[C@]2(CO2)[C@H]1[C@@]1(C)O[C@@H]1CC=C(C)C. The molecule has 2 saturated heterocycles. The topological polar surface area (TPSA) is 66.6 Å². The molecule has 6 nitrogen and oxygen atoms in total. The minimum atomic E-state index is -0.274. The zero-order valence-corrected chi connectivity index (χ0v) is 18.2. The number of methoxy groups -OCH3 is 1. The third kappa shape index (κ3) is 4.51. The molecule has 1 aliphatic carbocycles. The molecule has 2 aliphatic heterocycles. The first-order valence-electron chi connectivity index (χ1n) is 10.3. The summed E-state index contributed by atoms with van der Waals surface area (Å²) in [6.07, 6.45) is 6.65. The molecular weight excluding hydrogens is 356 g/mol. The van der Waals surface area contributed by atoms with E-state index in [2.05, 4.69) is 32.2 Å². The second-order valence-corrected chi connectivity index (χ2v) is 9.11. The normalized spacial score (nSPS) is 38.0. The summed E-state index contributed by atoms with van der Waals surface area (Å²) in [4.78, 5) is 14.5. The molecule has 158 valence electrons. The van der Waals surface area contributed by atoms with E-state index in [1.54, 1.807) is 13.2 Å². The summed E-state index contributed by atoms with van der Waals surface area (Å²) in [6.45, 7) is 8.61. The maximum atomic E-state index is 12.4. The van der Waals surface area contributed by atoms with Gasteiger partial charge in [-0.2, -0.15) is 0 Å². The van der Waals surface area contributed by atoms with Crippen LogP contribution >= 0.6 is 0 Å². The minimum Gasteiger partial charge on any atom is -0.377 e. The molecule has 3 rings (SSSR count). The number of epoxide rings is 2. The summed E-state index contributed by atoms with van der Waals surface area (Å²) in [5, 5.41) is 2.97. The van der Waals surface area contributed by atoms with Crippen LogP contribution in [0.4, 0.5) is 0 Å². The lowest BCUT2D eigenvalue weighted by Gasteiger charge is -2.40. The van der Waals surface area contributed by atoms with Crippen LogP contribution in [-0.4, -0.2) is 75.1 Å². The lowest BCUT2D eigenvalue weighted by atomic mass is 9.67. The lowest BCUT2D eigenvalue weighted by molar-refractivity contribution is -0.116. The first-order chi connectivity index (χ1) is 13.2. The fourth-order valence-electron chi connectivity index (χ4n) is 4.62. The van der Waals surface area contributed by atoms with Gasteiger partial charge in [-0.25, -0.2) is 0 Å². The summed E-state index contributed by atoms with van der Waals surface area (Å²) >= 11 is 0. The van der Waals surface area contributed by atoms with Gasteiger partial charge in [0.1, 0.15) is 11.2 Å². The van der Waals surface area contributed by atoms with Crippen molar-refractivity contribution in [1.82, 2.24) is 10.2 Å². The summed E-state index contributed by atoms with van der Waals surface area (Å²) in [5.41, 5.74) is 1.92. The minimum absolute atomic E-state index is 0.0479. The zero-order valence-electron chi connectivity index (χ0n) is 18.2. The fraction of sp³-hybridized carbons (Fsp3) is 0.773. The Morgan fingerprint density at radius 1 is 1.39 bits per heavy atom. The molecule has 0 unspecified atom stereocenters. The molecular formula is C22H36N2O4. The first-order valence-corrected chi connectivity index (χ1v) is 10.3. The van der Waals surface area contributed by atoms with Gasteiger partial charge in [0.25, 0.3) is 0 Å². The van der Waals surface area contributed by atoms with Crippen molar-refractivity contribution in [2.24, 2.45) is 5.92 Å². The quantitative estimate of drug-likeness (QED) is 0.390. The second-order valence-electron chi connectivity index (χ2n) is 9.11. The van der Waals surface area contributed by atoms with Crippen LogP contribution in [0.25, 0.3) is 0 Å². The molecule has 0 radical (unpaired) electrons. The van der Waals surface area contributed by atoms with Crippen LogP contribution in [0.2, 0.25) is 0 Å². The average molecular weight is 393 g/mol. The Bertz CT molecular complexity index is 649. The van der Waals surface area contributed by atoms with E-state index in [9.17, 15) is 4.79 Å². The van der Waals surface area contributed by atoms with Crippen molar-refractivity contribution in [3.05, 3.63) is 23.3 Å². The van der Waals surface area contributed by atoms with E-state index in [-0.39, 0.29) is 35.2 Å². The van der Waals surface area contributed by atoms with Crippen molar-refractivity contribution >= 4 is 5.91 Å². The van der Waals surface area contributed by atoms with Crippen LogP contribution in [-0.2, 0) is 19.0 Å². The highest BCUT2D eigenvalue weighted by Crippen LogP contribution is 2.60. The molecule has 28 heavy (non-hydrogen) atoms. The van der Waals surface area contributed by atoms with Gasteiger partial charge in [0, 0.05) is 26.3 Å². The second kappa shape index (κ2) is 8.27. The molecule has 0 bridgehead atoms. The summed E-state index contributed by atoms with van der Waals surface area (Å²) in [5.74, 6) is 0.0587.